The first-order chi connectivity index (χ1) is 16.9. The molecule has 1 atom stereocenters. The number of hydrogen-bond acceptors (Lipinski definition) is 5. The molecule has 1 aromatic carbocycles. The summed E-state index contributed by atoms with van der Waals surface area (Å²) in [7, 11) is 0. The monoisotopic (exact) mass is 471 g/mol. The lowest BCUT2D eigenvalue weighted by atomic mass is 9.99. The number of hydrogen-bond donors (Lipinski definition) is 0. The van der Waals surface area contributed by atoms with E-state index in [0.29, 0.717) is 18.8 Å². The van der Waals surface area contributed by atoms with E-state index >= 15 is 0 Å². The Morgan fingerprint density at radius 2 is 1.86 bits per heavy atom. The highest BCUT2D eigenvalue weighted by Crippen LogP contribution is 2.24. The number of carbonyl (C=O) groups excluding carboxylic acids is 1. The highest BCUT2D eigenvalue weighted by atomic mass is 16.2. The maximum Gasteiger partial charge on any atom is 0.222 e. The molecule has 1 unspecified atom stereocenters. The van der Waals surface area contributed by atoms with Crippen LogP contribution < -0.4 is 0 Å². The van der Waals surface area contributed by atoms with Crippen molar-refractivity contribution >= 4 is 11.6 Å². The lowest BCUT2D eigenvalue weighted by Gasteiger charge is -2.17. The van der Waals surface area contributed by atoms with Gasteiger partial charge >= 0.3 is 0 Å². The van der Waals surface area contributed by atoms with Crippen molar-refractivity contribution in [2.24, 2.45) is 5.92 Å². The van der Waals surface area contributed by atoms with Gasteiger partial charge in [-0.3, -0.25) is 4.79 Å². The number of fused-ring (bicyclic) bond motifs is 1. The van der Waals surface area contributed by atoms with Gasteiger partial charge in [0.25, 0.3) is 0 Å². The summed E-state index contributed by atoms with van der Waals surface area (Å²) in [5.41, 5.74) is 5.15. The third-order valence-corrected chi connectivity index (χ3v) is 7.04. The van der Waals surface area contributed by atoms with Gasteiger partial charge in [-0.2, -0.15) is 9.61 Å². The molecular formula is C27H33N7O. The largest absolute Gasteiger partial charge is 0.342 e. The molecule has 5 rings (SSSR count). The van der Waals surface area contributed by atoms with Gasteiger partial charge < -0.3 is 4.90 Å². The van der Waals surface area contributed by atoms with E-state index in [-0.39, 0.29) is 11.8 Å². The van der Waals surface area contributed by atoms with Crippen molar-refractivity contribution in [2.45, 2.75) is 59.3 Å². The summed E-state index contributed by atoms with van der Waals surface area (Å²) >= 11 is 0. The molecule has 182 valence electrons. The topological polar surface area (TPSA) is 81.2 Å². The van der Waals surface area contributed by atoms with Crippen molar-refractivity contribution in [1.82, 2.24) is 34.5 Å². The summed E-state index contributed by atoms with van der Waals surface area (Å²) in [4.78, 5) is 15.0. The van der Waals surface area contributed by atoms with Crippen molar-refractivity contribution < 1.29 is 4.79 Å². The minimum Gasteiger partial charge on any atom is -0.342 e. The van der Waals surface area contributed by atoms with Crippen LogP contribution in [0.5, 0.6) is 0 Å². The van der Waals surface area contributed by atoms with Gasteiger partial charge in [0.15, 0.2) is 17.3 Å². The fourth-order valence-corrected chi connectivity index (χ4v) is 5.09. The van der Waals surface area contributed by atoms with Crippen LogP contribution in [0.25, 0.3) is 11.5 Å². The number of rotatable bonds is 7. The molecule has 1 saturated heterocycles. The van der Waals surface area contributed by atoms with Gasteiger partial charge in [0.1, 0.15) is 0 Å². The molecule has 1 fully saturated rings. The summed E-state index contributed by atoms with van der Waals surface area (Å²) in [6, 6.07) is 14.4. The zero-order chi connectivity index (χ0) is 24.5. The molecule has 0 spiro atoms. The van der Waals surface area contributed by atoms with E-state index < -0.39 is 0 Å². The number of aromatic nitrogens is 6. The van der Waals surface area contributed by atoms with Crippen LogP contribution in [0.2, 0.25) is 0 Å². The molecule has 0 radical (unpaired) electrons. The second-order valence-electron chi connectivity index (χ2n) is 9.92. The van der Waals surface area contributed by atoms with Crippen molar-refractivity contribution in [1.29, 1.82) is 0 Å². The van der Waals surface area contributed by atoms with Crippen LogP contribution in [0.3, 0.4) is 0 Å². The standard InChI is InChI=1S/C27H33N7O/c1-18(2)27-29-28-24-11-12-25(31-34(24)27)33-20(4)23(19(3)30-33)10-13-26(35)32-15-14-22(17-32)16-21-8-6-5-7-9-21/h5-9,11-12,18,22H,10,13-17H2,1-4H3. The molecule has 4 aromatic rings. The minimum atomic E-state index is 0.215. The number of likely N-dealkylation sites (tertiary alicyclic amines) is 1. The number of aryl methyl sites for hydroxylation is 1. The van der Waals surface area contributed by atoms with E-state index in [1.54, 1.807) is 4.52 Å². The third kappa shape index (κ3) is 4.70. The van der Waals surface area contributed by atoms with E-state index in [2.05, 4.69) is 48.3 Å². The van der Waals surface area contributed by atoms with Gasteiger partial charge in [-0.05, 0) is 62.3 Å². The van der Waals surface area contributed by atoms with E-state index in [1.165, 1.54) is 5.56 Å². The molecule has 1 aliphatic heterocycles. The zero-order valence-electron chi connectivity index (χ0n) is 21.0. The first-order valence-corrected chi connectivity index (χ1v) is 12.5. The predicted octanol–water partition coefficient (Wildman–Crippen LogP) is 4.07. The van der Waals surface area contributed by atoms with Crippen molar-refractivity contribution in [3.05, 3.63) is 70.8 Å². The Bertz CT molecular complexity index is 1340. The Morgan fingerprint density at radius 3 is 2.63 bits per heavy atom. The Morgan fingerprint density at radius 1 is 1.06 bits per heavy atom. The number of benzene rings is 1. The normalized spacial score (nSPS) is 16.0. The van der Waals surface area contributed by atoms with E-state index in [9.17, 15) is 4.79 Å². The van der Waals surface area contributed by atoms with Crippen LogP contribution in [0, 0.1) is 19.8 Å². The van der Waals surface area contributed by atoms with Crippen LogP contribution in [0.15, 0.2) is 42.5 Å². The number of nitrogens with zero attached hydrogens (tertiary/aromatic N) is 7. The second kappa shape index (κ2) is 9.60. The number of amides is 1. The van der Waals surface area contributed by atoms with Gasteiger partial charge in [-0.25, -0.2) is 4.68 Å². The van der Waals surface area contributed by atoms with E-state index in [1.807, 2.05) is 41.6 Å². The highest BCUT2D eigenvalue weighted by Gasteiger charge is 2.26. The Balaban J connectivity index is 1.26. The van der Waals surface area contributed by atoms with Crippen LogP contribution in [0.1, 0.15) is 60.9 Å². The summed E-state index contributed by atoms with van der Waals surface area (Å²) in [6.07, 6.45) is 3.30. The lowest BCUT2D eigenvalue weighted by molar-refractivity contribution is -0.130. The molecular weight excluding hydrogens is 438 g/mol. The average molecular weight is 472 g/mol. The molecule has 1 aliphatic rings. The first-order valence-electron chi connectivity index (χ1n) is 12.5. The maximum absolute atomic E-state index is 13.0. The quantitative estimate of drug-likeness (QED) is 0.406. The van der Waals surface area contributed by atoms with E-state index in [4.69, 9.17) is 10.2 Å². The molecule has 4 heterocycles. The molecule has 0 N–H and O–H groups in total. The molecule has 8 heteroatoms. The average Bonchev–Trinajstić information content (AvgIpc) is 3.56. The summed E-state index contributed by atoms with van der Waals surface area (Å²) in [5.74, 6) is 2.54. The molecule has 0 bridgehead atoms. The fourth-order valence-electron chi connectivity index (χ4n) is 5.09. The maximum atomic E-state index is 13.0. The van der Waals surface area contributed by atoms with Crippen molar-refractivity contribution in [3.8, 4) is 5.82 Å². The van der Waals surface area contributed by atoms with Crippen molar-refractivity contribution in [3.63, 3.8) is 0 Å². The molecule has 1 amide bonds. The van der Waals surface area contributed by atoms with Gasteiger partial charge in [0.05, 0.1) is 5.69 Å². The summed E-state index contributed by atoms with van der Waals surface area (Å²) in [5, 5.41) is 18.0. The van der Waals surface area contributed by atoms with Crippen LogP contribution in [0.4, 0.5) is 0 Å². The minimum absolute atomic E-state index is 0.215. The summed E-state index contributed by atoms with van der Waals surface area (Å²) in [6.45, 7) is 9.92. The SMILES string of the molecule is Cc1nn(-c2ccc3nnc(C(C)C)n3n2)c(C)c1CCC(=O)N1CCC(Cc2ccccc2)C1. The smallest absolute Gasteiger partial charge is 0.222 e. The van der Waals surface area contributed by atoms with Crippen LogP contribution in [-0.4, -0.2) is 53.5 Å². The Hall–Kier alpha value is -3.55. The van der Waals surface area contributed by atoms with Crippen LogP contribution in [-0.2, 0) is 17.6 Å². The zero-order valence-corrected chi connectivity index (χ0v) is 21.0. The molecule has 8 nitrogen and oxygen atoms in total. The van der Waals surface area contributed by atoms with Gasteiger partial charge in [0, 0.05) is 31.1 Å². The molecule has 35 heavy (non-hydrogen) atoms. The molecule has 3 aromatic heterocycles. The Kier molecular flexibility index (Phi) is 6.36. The van der Waals surface area contributed by atoms with Crippen LogP contribution >= 0.6 is 0 Å². The highest BCUT2D eigenvalue weighted by molar-refractivity contribution is 5.76. The summed E-state index contributed by atoms with van der Waals surface area (Å²) < 4.78 is 3.66. The van der Waals surface area contributed by atoms with Gasteiger partial charge in [-0.1, -0.05) is 44.2 Å². The van der Waals surface area contributed by atoms with Gasteiger partial charge in [0.2, 0.25) is 5.91 Å². The predicted molar refractivity (Wildman–Crippen MR) is 135 cm³/mol. The first kappa shape index (κ1) is 23.2. The van der Waals surface area contributed by atoms with Gasteiger partial charge in [-0.15, -0.1) is 15.3 Å². The van der Waals surface area contributed by atoms with Crippen molar-refractivity contribution in [2.75, 3.05) is 13.1 Å². The lowest BCUT2D eigenvalue weighted by Crippen LogP contribution is -2.29. The molecule has 0 saturated carbocycles. The molecule has 0 aliphatic carbocycles. The fraction of sp³-hybridized carbons (Fsp3) is 0.444. The number of carbonyl (C=O) groups is 1. The second-order valence-corrected chi connectivity index (χ2v) is 9.92. The Labute approximate surface area is 206 Å². The van der Waals surface area contributed by atoms with E-state index in [0.717, 1.165) is 60.2 Å². The third-order valence-electron chi connectivity index (χ3n) is 7.04.